The summed E-state index contributed by atoms with van der Waals surface area (Å²) in [5.41, 5.74) is 1.12. The van der Waals surface area contributed by atoms with Crippen molar-refractivity contribution in [1.82, 2.24) is 14.5 Å². The minimum Gasteiger partial charge on any atom is -0.374 e. The maximum atomic E-state index is 4.28. The third kappa shape index (κ3) is 3.42. The number of nitrogens with one attached hydrogen (secondary N) is 1. The molecule has 0 bridgehead atoms. The zero-order valence-corrected chi connectivity index (χ0v) is 12.3. The summed E-state index contributed by atoms with van der Waals surface area (Å²) < 4.78 is 4.08. The van der Waals surface area contributed by atoms with Gasteiger partial charge in [0.05, 0.1) is 0 Å². The molecule has 0 amide bonds. The Morgan fingerprint density at radius 3 is 2.72 bits per heavy atom. The number of aromatic nitrogens is 2. The van der Waals surface area contributed by atoms with Gasteiger partial charge in [-0.15, -0.1) is 5.10 Å². The molecule has 1 aliphatic rings. The standard InChI is InChI=1S/C13H24N4S/c1-3-14-13-12(15-16-18-13)10-17(4-2)11-8-6-5-7-9-11/h11,14H,3-10H2,1-2H3. The third-order valence-corrected chi connectivity index (χ3v) is 4.47. The van der Waals surface area contributed by atoms with E-state index in [1.807, 2.05) is 0 Å². The lowest BCUT2D eigenvalue weighted by atomic mass is 9.94. The van der Waals surface area contributed by atoms with Gasteiger partial charge in [-0.25, -0.2) is 0 Å². The summed E-state index contributed by atoms with van der Waals surface area (Å²) in [5, 5.41) is 8.78. The van der Waals surface area contributed by atoms with Crippen molar-refractivity contribution in [2.75, 3.05) is 18.4 Å². The van der Waals surface area contributed by atoms with Gasteiger partial charge in [-0.2, -0.15) is 0 Å². The summed E-state index contributed by atoms with van der Waals surface area (Å²) in [7, 11) is 0. The largest absolute Gasteiger partial charge is 0.374 e. The van der Waals surface area contributed by atoms with Crippen molar-refractivity contribution in [3.8, 4) is 0 Å². The highest BCUT2D eigenvalue weighted by atomic mass is 32.1. The second kappa shape index (κ2) is 7.04. The summed E-state index contributed by atoms with van der Waals surface area (Å²) in [5.74, 6) is 0. The second-order valence-electron chi connectivity index (χ2n) is 4.93. The zero-order chi connectivity index (χ0) is 12.8. The summed E-state index contributed by atoms with van der Waals surface area (Å²) in [4.78, 5) is 2.57. The average molecular weight is 268 g/mol. The number of nitrogens with zero attached hydrogens (tertiary/aromatic N) is 3. The Hall–Kier alpha value is -0.680. The van der Waals surface area contributed by atoms with Gasteiger partial charge >= 0.3 is 0 Å². The van der Waals surface area contributed by atoms with Crippen molar-refractivity contribution in [2.24, 2.45) is 0 Å². The van der Waals surface area contributed by atoms with E-state index < -0.39 is 0 Å². The third-order valence-electron chi connectivity index (χ3n) is 3.74. The summed E-state index contributed by atoms with van der Waals surface area (Å²) in [6.07, 6.45) is 6.88. The van der Waals surface area contributed by atoms with Gasteiger partial charge in [0.2, 0.25) is 0 Å². The molecule has 0 unspecified atom stereocenters. The minimum absolute atomic E-state index is 0.750. The van der Waals surface area contributed by atoms with Crippen molar-refractivity contribution in [3.05, 3.63) is 5.69 Å². The molecule has 1 aliphatic carbocycles. The van der Waals surface area contributed by atoms with Crippen molar-refractivity contribution in [2.45, 2.75) is 58.5 Å². The topological polar surface area (TPSA) is 41.1 Å². The zero-order valence-electron chi connectivity index (χ0n) is 11.5. The predicted octanol–water partition coefficient (Wildman–Crippen LogP) is 3.12. The van der Waals surface area contributed by atoms with Crippen LogP contribution in [0.15, 0.2) is 0 Å². The highest BCUT2D eigenvalue weighted by molar-refractivity contribution is 7.10. The van der Waals surface area contributed by atoms with E-state index in [1.54, 1.807) is 0 Å². The van der Waals surface area contributed by atoms with Gasteiger partial charge in [0.1, 0.15) is 10.7 Å². The lowest BCUT2D eigenvalue weighted by Crippen LogP contribution is -2.36. The monoisotopic (exact) mass is 268 g/mol. The molecular formula is C13H24N4S. The average Bonchev–Trinajstić information content (AvgIpc) is 2.85. The van der Waals surface area contributed by atoms with Crippen molar-refractivity contribution in [3.63, 3.8) is 0 Å². The smallest absolute Gasteiger partial charge is 0.134 e. The van der Waals surface area contributed by atoms with Gasteiger partial charge in [-0.05, 0) is 26.3 Å². The van der Waals surface area contributed by atoms with Crippen LogP contribution >= 0.6 is 11.5 Å². The fourth-order valence-corrected chi connectivity index (χ4v) is 3.39. The van der Waals surface area contributed by atoms with E-state index in [0.717, 1.165) is 36.4 Å². The lowest BCUT2D eigenvalue weighted by Gasteiger charge is -2.33. The molecule has 1 heterocycles. The molecule has 1 saturated carbocycles. The highest BCUT2D eigenvalue weighted by Crippen LogP contribution is 2.26. The number of rotatable bonds is 6. The fourth-order valence-electron chi connectivity index (χ4n) is 2.74. The van der Waals surface area contributed by atoms with E-state index in [9.17, 15) is 0 Å². The molecule has 1 fully saturated rings. The van der Waals surface area contributed by atoms with E-state index in [4.69, 9.17) is 0 Å². The number of anilines is 1. The summed E-state index contributed by atoms with van der Waals surface area (Å²) >= 11 is 1.47. The molecule has 0 aromatic carbocycles. The van der Waals surface area contributed by atoms with Gasteiger partial charge in [0.15, 0.2) is 0 Å². The molecule has 1 N–H and O–H groups in total. The van der Waals surface area contributed by atoms with Crippen LogP contribution in [0.1, 0.15) is 51.6 Å². The van der Waals surface area contributed by atoms with Gasteiger partial charge in [-0.3, -0.25) is 4.90 Å². The molecule has 18 heavy (non-hydrogen) atoms. The highest BCUT2D eigenvalue weighted by Gasteiger charge is 2.21. The molecule has 1 aromatic rings. The Labute approximate surface area is 114 Å². The van der Waals surface area contributed by atoms with Crippen LogP contribution in [0.3, 0.4) is 0 Å². The summed E-state index contributed by atoms with van der Waals surface area (Å²) in [6, 6.07) is 0.750. The van der Waals surface area contributed by atoms with Crippen molar-refractivity contribution < 1.29 is 0 Å². The molecule has 5 heteroatoms. The first-order chi connectivity index (χ1) is 8.85. The molecule has 0 spiro atoms. The minimum atomic E-state index is 0.750. The molecule has 0 atom stereocenters. The first kappa shape index (κ1) is 13.7. The Morgan fingerprint density at radius 1 is 1.28 bits per heavy atom. The van der Waals surface area contributed by atoms with Crippen LogP contribution in [-0.2, 0) is 6.54 Å². The first-order valence-corrected chi connectivity index (χ1v) is 7.91. The van der Waals surface area contributed by atoms with Crippen LogP contribution in [-0.4, -0.2) is 33.6 Å². The van der Waals surface area contributed by atoms with Gasteiger partial charge in [-0.1, -0.05) is 30.7 Å². The van der Waals surface area contributed by atoms with Crippen LogP contribution in [0.25, 0.3) is 0 Å². The molecule has 4 nitrogen and oxygen atoms in total. The number of hydrogen-bond donors (Lipinski definition) is 1. The van der Waals surface area contributed by atoms with Gasteiger partial charge < -0.3 is 5.32 Å². The van der Waals surface area contributed by atoms with Gasteiger partial charge in [0.25, 0.3) is 0 Å². The van der Waals surface area contributed by atoms with Crippen LogP contribution in [0.4, 0.5) is 5.00 Å². The predicted molar refractivity (Wildman–Crippen MR) is 77.0 cm³/mol. The quantitative estimate of drug-likeness (QED) is 0.860. The Kier molecular flexibility index (Phi) is 5.38. The molecule has 0 radical (unpaired) electrons. The normalized spacial score (nSPS) is 17.3. The SMILES string of the molecule is CCNc1snnc1CN(CC)C1CCCCC1. The first-order valence-electron chi connectivity index (χ1n) is 7.14. The van der Waals surface area contributed by atoms with E-state index in [1.165, 1.54) is 43.6 Å². The van der Waals surface area contributed by atoms with E-state index in [0.29, 0.717) is 0 Å². The molecule has 102 valence electrons. The Morgan fingerprint density at radius 2 is 2.06 bits per heavy atom. The Balaban J connectivity index is 1.98. The van der Waals surface area contributed by atoms with Crippen LogP contribution in [0.2, 0.25) is 0 Å². The number of hydrogen-bond acceptors (Lipinski definition) is 5. The lowest BCUT2D eigenvalue weighted by molar-refractivity contribution is 0.154. The molecular weight excluding hydrogens is 244 g/mol. The van der Waals surface area contributed by atoms with Gasteiger partial charge in [0, 0.05) is 30.7 Å². The van der Waals surface area contributed by atoms with E-state index >= 15 is 0 Å². The Bertz CT molecular complexity index is 347. The van der Waals surface area contributed by atoms with Crippen molar-refractivity contribution >= 4 is 16.5 Å². The maximum Gasteiger partial charge on any atom is 0.134 e. The second-order valence-corrected chi connectivity index (χ2v) is 5.69. The van der Waals surface area contributed by atoms with E-state index in [2.05, 4.69) is 33.7 Å². The molecule has 0 saturated heterocycles. The fraction of sp³-hybridized carbons (Fsp3) is 0.846. The maximum absolute atomic E-state index is 4.28. The van der Waals surface area contributed by atoms with Crippen LogP contribution in [0.5, 0.6) is 0 Å². The van der Waals surface area contributed by atoms with Crippen LogP contribution in [0, 0.1) is 0 Å². The molecule has 1 aromatic heterocycles. The molecule has 0 aliphatic heterocycles. The van der Waals surface area contributed by atoms with Crippen LogP contribution < -0.4 is 5.32 Å². The summed E-state index contributed by atoms with van der Waals surface area (Å²) in [6.45, 7) is 7.35. The van der Waals surface area contributed by atoms with Crippen molar-refractivity contribution in [1.29, 1.82) is 0 Å². The van der Waals surface area contributed by atoms with E-state index in [-0.39, 0.29) is 0 Å². The molecule has 2 rings (SSSR count).